The van der Waals surface area contributed by atoms with Gasteiger partial charge in [-0.2, -0.15) is 0 Å². The number of benzene rings is 3. The maximum absolute atomic E-state index is 12.6. The summed E-state index contributed by atoms with van der Waals surface area (Å²) in [6.45, 7) is 0. The molecule has 0 amide bonds. The van der Waals surface area contributed by atoms with Gasteiger partial charge in [-0.25, -0.2) is 0 Å². The zero-order chi connectivity index (χ0) is 18.0. The van der Waals surface area contributed by atoms with Gasteiger partial charge in [0.05, 0.1) is 5.25 Å². The first kappa shape index (κ1) is 18.0. The molecule has 0 fully saturated rings. The SMILES string of the molecule is O=C(C[C@@H](C#Cc1ccccc1)SCc1ccccc1)c1ccccc1. The predicted octanol–water partition coefficient (Wildman–Crippen LogP) is 5.61. The van der Waals surface area contributed by atoms with Crippen LogP contribution in [0.25, 0.3) is 0 Å². The highest BCUT2D eigenvalue weighted by Crippen LogP contribution is 2.22. The van der Waals surface area contributed by atoms with Crippen LogP contribution in [-0.4, -0.2) is 11.0 Å². The third-order valence-electron chi connectivity index (χ3n) is 3.91. The van der Waals surface area contributed by atoms with Gasteiger partial charge in [0.1, 0.15) is 0 Å². The molecular formula is C24H20OS. The van der Waals surface area contributed by atoms with Crippen molar-refractivity contribution in [3.05, 3.63) is 108 Å². The molecule has 1 nitrogen and oxygen atoms in total. The van der Waals surface area contributed by atoms with Crippen LogP contribution in [0.4, 0.5) is 0 Å². The molecule has 0 bridgehead atoms. The lowest BCUT2D eigenvalue weighted by Gasteiger charge is -2.10. The Kier molecular flexibility index (Phi) is 6.70. The Bertz CT molecular complexity index is 877. The zero-order valence-electron chi connectivity index (χ0n) is 14.5. The molecule has 3 aromatic rings. The third-order valence-corrected chi connectivity index (χ3v) is 5.10. The van der Waals surface area contributed by atoms with E-state index in [0.29, 0.717) is 6.42 Å². The fraction of sp³-hybridized carbons (Fsp3) is 0.125. The highest BCUT2D eigenvalue weighted by Gasteiger charge is 2.14. The summed E-state index contributed by atoms with van der Waals surface area (Å²) in [5, 5.41) is -0.0388. The van der Waals surface area contributed by atoms with Crippen molar-refractivity contribution in [2.45, 2.75) is 17.4 Å². The molecular weight excluding hydrogens is 336 g/mol. The van der Waals surface area contributed by atoms with E-state index in [0.717, 1.165) is 16.9 Å². The van der Waals surface area contributed by atoms with Gasteiger partial charge in [0.15, 0.2) is 5.78 Å². The lowest BCUT2D eigenvalue weighted by molar-refractivity contribution is 0.0986. The van der Waals surface area contributed by atoms with Crippen LogP contribution in [0.3, 0.4) is 0 Å². The molecule has 26 heavy (non-hydrogen) atoms. The van der Waals surface area contributed by atoms with E-state index in [4.69, 9.17) is 0 Å². The Morgan fingerprint density at radius 1 is 0.808 bits per heavy atom. The molecule has 0 unspecified atom stereocenters. The second kappa shape index (κ2) is 9.65. The summed E-state index contributed by atoms with van der Waals surface area (Å²) >= 11 is 1.72. The molecule has 0 saturated heterocycles. The Balaban J connectivity index is 1.72. The number of thioether (sulfide) groups is 1. The maximum Gasteiger partial charge on any atom is 0.164 e. The zero-order valence-corrected chi connectivity index (χ0v) is 15.3. The van der Waals surface area contributed by atoms with E-state index in [9.17, 15) is 4.79 Å². The van der Waals surface area contributed by atoms with Crippen molar-refractivity contribution in [2.24, 2.45) is 0 Å². The fourth-order valence-corrected chi connectivity index (χ4v) is 3.52. The molecule has 3 aromatic carbocycles. The van der Waals surface area contributed by atoms with Gasteiger partial charge in [-0.05, 0) is 17.7 Å². The predicted molar refractivity (Wildman–Crippen MR) is 110 cm³/mol. The standard InChI is InChI=1S/C24H20OS/c25-24(22-14-8-3-9-15-22)18-23(17-16-20-10-4-1-5-11-20)26-19-21-12-6-2-7-13-21/h1-15,23H,18-19H2/t23-/m1/s1. The third kappa shape index (κ3) is 5.65. The van der Waals surface area contributed by atoms with Crippen molar-refractivity contribution in [1.82, 2.24) is 0 Å². The van der Waals surface area contributed by atoms with Gasteiger partial charge in [0.2, 0.25) is 0 Å². The number of carbonyl (C=O) groups is 1. The van der Waals surface area contributed by atoms with Crippen LogP contribution in [0.1, 0.15) is 27.9 Å². The molecule has 0 aliphatic carbocycles. The van der Waals surface area contributed by atoms with Crippen LogP contribution in [-0.2, 0) is 5.75 Å². The molecule has 0 radical (unpaired) electrons. The number of Topliss-reactive ketones (excluding diaryl/α,β-unsaturated/α-hetero) is 1. The van der Waals surface area contributed by atoms with Gasteiger partial charge in [0, 0.05) is 23.3 Å². The second-order valence-corrected chi connectivity index (χ2v) is 7.10. The average molecular weight is 356 g/mol. The second-order valence-electron chi connectivity index (χ2n) is 5.91. The summed E-state index contributed by atoms with van der Waals surface area (Å²) in [5.41, 5.74) is 2.97. The maximum atomic E-state index is 12.6. The fourth-order valence-electron chi connectivity index (χ4n) is 2.52. The summed E-state index contributed by atoms with van der Waals surface area (Å²) in [7, 11) is 0. The summed E-state index contributed by atoms with van der Waals surface area (Å²) in [6, 6.07) is 29.7. The Hall–Kier alpha value is -2.76. The molecule has 128 valence electrons. The summed E-state index contributed by atoms with van der Waals surface area (Å²) in [5.74, 6) is 7.50. The first-order chi connectivity index (χ1) is 12.8. The van der Waals surface area contributed by atoms with Crippen molar-refractivity contribution in [3.8, 4) is 11.8 Å². The van der Waals surface area contributed by atoms with Crippen molar-refractivity contribution in [2.75, 3.05) is 0 Å². The van der Waals surface area contributed by atoms with Gasteiger partial charge in [-0.15, -0.1) is 11.8 Å². The van der Waals surface area contributed by atoms with E-state index in [2.05, 4.69) is 24.0 Å². The minimum Gasteiger partial charge on any atom is -0.294 e. The van der Waals surface area contributed by atoms with Crippen LogP contribution < -0.4 is 0 Å². The van der Waals surface area contributed by atoms with Crippen molar-refractivity contribution < 1.29 is 4.79 Å². The van der Waals surface area contributed by atoms with E-state index in [-0.39, 0.29) is 11.0 Å². The Morgan fingerprint density at radius 3 is 2.04 bits per heavy atom. The minimum atomic E-state index is -0.0388. The van der Waals surface area contributed by atoms with Crippen LogP contribution in [0.5, 0.6) is 0 Å². The molecule has 0 N–H and O–H groups in total. The van der Waals surface area contributed by atoms with E-state index in [1.165, 1.54) is 5.56 Å². The van der Waals surface area contributed by atoms with E-state index < -0.39 is 0 Å². The molecule has 0 aliphatic rings. The molecule has 3 rings (SSSR count). The molecule has 2 heteroatoms. The Morgan fingerprint density at radius 2 is 1.38 bits per heavy atom. The molecule has 0 aromatic heterocycles. The van der Waals surface area contributed by atoms with E-state index in [1.807, 2.05) is 78.9 Å². The summed E-state index contributed by atoms with van der Waals surface area (Å²) in [4.78, 5) is 12.6. The lowest BCUT2D eigenvalue weighted by Crippen LogP contribution is -2.09. The highest BCUT2D eigenvalue weighted by molar-refractivity contribution is 7.99. The van der Waals surface area contributed by atoms with Crippen LogP contribution in [0.15, 0.2) is 91.0 Å². The Labute approximate surface area is 159 Å². The lowest BCUT2D eigenvalue weighted by atomic mass is 10.1. The largest absolute Gasteiger partial charge is 0.294 e. The van der Waals surface area contributed by atoms with Gasteiger partial charge in [-0.3, -0.25) is 4.79 Å². The molecule has 0 heterocycles. The van der Waals surface area contributed by atoms with Crippen molar-refractivity contribution in [3.63, 3.8) is 0 Å². The number of carbonyl (C=O) groups excluding carboxylic acids is 1. The van der Waals surface area contributed by atoms with Crippen LogP contribution in [0, 0.1) is 11.8 Å². The smallest absolute Gasteiger partial charge is 0.164 e. The van der Waals surface area contributed by atoms with Crippen molar-refractivity contribution >= 4 is 17.5 Å². The van der Waals surface area contributed by atoms with E-state index >= 15 is 0 Å². The van der Waals surface area contributed by atoms with Gasteiger partial charge < -0.3 is 0 Å². The normalized spacial score (nSPS) is 11.2. The molecule has 0 aliphatic heterocycles. The number of hydrogen-bond donors (Lipinski definition) is 0. The molecule has 1 atom stereocenters. The average Bonchev–Trinajstić information content (AvgIpc) is 2.72. The molecule has 0 spiro atoms. The first-order valence-corrected chi connectivity index (χ1v) is 9.66. The van der Waals surface area contributed by atoms with Gasteiger partial charge in [-0.1, -0.05) is 90.7 Å². The quantitative estimate of drug-likeness (QED) is 0.422. The van der Waals surface area contributed by atoms with Crippen LogP contribution in [0.2, 0.25) is 0 Å². The monoisotopic (exact) mass is 356 g/mol. The van der Waals surface area contributed by atoms with Crippen LogP contribution >= 0.6 is 11.8 Å². The van der Waals surface area contributed by atoms with Crippen molar-refractivity contribution in [1.29, 1.82) is 0 Å². The molecule has 0 saturated carbocycles. The summed E-state index contributed by atoms with van der Waals surface area (Å²) in [6.07, 6.45) is 0.418. The van der Waals surface area contributed by atoms with Gasteiger partial charge >= 0.3 is 0 Å². The van der Waals surface area contributed by atoms with E-state index in [1.54, 1.807) is 11.8 Å². The topological polar surface area (TPSA) is 17.1 Å². The minimum absolute atomic E-state index is 0.0388. The number of ketones is 1. The first-order valence-electron chi connectivity index (χ1n) is 8.61. The number of rotatable bonds is 6. The highest BCUT2D eigenvalue weighted by atomic mass is 32.2. The summed E-state index contributed by atoms with van der Waals surface area (Å²) < 4.78 is 0. The number of hydrogen-bond acceptors (Lipinski definition) is 2. The van der Waals surface area contributed by atoms with Gasteiger partial charge in [0.25, 0.3) is 0 Å².